The van der Waals surface area contributed by atoms with E-state index in [4.69, 9.17) is 0 Å². The molecule has 0 bridgehead atoms. The summed E-state index contributed by atoms with van der Waals surface area (Å²) in [6, 6.07) is 14.3. The number of rotatable bonds is 5. The number of carbonyl (C=O) groups excluding carboxylic acids is 2. The van der Waals surface area contributed by atoms with Gasteiger partial charge in [0, 0.05) is 23.6 Å². The van der Waals surface area contributed by atoms with E-state index >= 15 is 0 Å². The van der Waals surface area contributed by atoms with Gasteiger partial charge in [0.25, 0.3) is 0 Å². The van der Waals surface area contributed by atoms with Gasteiger partial charge in [0.15, 0.2) is 5.65 Å². The molecule has 5 aromatic rings. The molecule has 35 heavy (non-hydrogen) atoms. The van der Waals surface area contributed by atoms with Gasteiger partial charge in [0.05, 0.1) is 18.4 Å². The van der Waals surface area contributed by atoms with Gasteiger partial charge in [-0.25, -0.2) is 23.2 Å². The van der Waals surface area contributed by atoms with Crippen LogP contribution < -0.4 is 11.0 Å². The molecular formula is C25H22N6O4. The first-order valence-corrected chi connectivity index (χ1v) is 10.9. The Bertz CT molecular complexity index is 1660. The first-order chi connectivity index (χ1) is 16.8. The third-order valence-electron chi connectivity index (χ3n) is 5.74. The zero-order chi connectivity index (χ0) is 24.7. The Hall–Kier alpha value is -4.73. The molecule has 3 aromatic heterocycles. The lowest BCUT2D eigenvalue weighted by Gasteiger charge is -2.05. The van der Waals surface area contributed by atoms with Gasteiger partial charge in [-0.3, -0.25) is 4.79 Å². The summed E-state index contributed by atoms with van der Waals surface area (Å²) in [7, 11) is 1.30. The molecule has 176 valence electrons. The number of anilines is 1. The van der Waals surface area contributed by atoms with E-state index < -0.39 is 17.6 Å². The number of hydrogen-bond acceptors (Lipinski definition) is 6. The summed E-state index contributed by atoms with van der Waals surface area (Å²) in [6.45, 7) is 3.77. The highest BCUT2D eigenvalue weighted by atomic mass is 16.5. The number of aryl methyl sites for hydroxylation is 2. The summed E-state index contributed by atoms with van der Waals surface area (Å²) in [5.74, 6) is -0.895. The zero-order valence-corrected chi connectivity index (χ0v) is 19.3. The van der Waals surface area contributed by atoms with Gasteiger partial charge >= 0.3 is 11.7 Å². The molecule has 1 N–H and O–H groups in total. The van der Waals surface area contributed by atoms with Crippen molar-refractivity contribution in [3.05, 3.63) is 88.1 Å². The molecule has 0 unspecified atom stereocenters. The normalized spacial score (nSPS) is 11.2. The third kappa shape index (κ3) is 4.05. The maximum Gasteiger partial charge on any atom is 0.350 e. The van der Waals surface area contributed by atoms with Crippen LogP contribution in [-0.2, 0) is 16.1 Å². The van der Waals surface area contributed by atoms with E-state index in [1.165, 1.54) is 11.5 Å². The van der Waals surface area contributed by atoms with Crippen LogP contribution in [0, 0.1) is 13.8 Å². The predicted octanol–water partition coefficient (Wildman–Crippen LogP) is 2.85. The minimum absolute atomic E-state index is 0.274. The fourth-order valence-electron chi connectivity index (χ4n) is 3.92. The highest BCUT2D eigenvalue weighted by molar-refractivity contribution is 5.93. The van der Waals surface area contributed by atoms with Gasteiger partial charge in [-0.1, -0.05) is 17.7 Å². The highest BCUT2D eigenvalue weighted by Gasteiger charge is 2.16. The van der Waals surface area contributed by atoms with Crippen molar-refractivity contribution in [2.24, 2.45) is 0 Å². The van der Waals surface area contributed by atoms with E-state index in [9.17, 15) is 14.4 Å². The second-order valence-electron chi connectivity index (χ2n) is 8.23. The summed E-state index contributed by atoms with van der Waals surface area (Å²) in [6.07, 6.45) is 3.27. The fourth-order valence-corrected chi connectivity index (χ4v) is 3.92. The molecule has 5 rings (SSSR count). The van der Waals surface area contributed by atoms with Crippen LogP contribution in [0.25, 0.3) is 22.4 Å². The maximum atomic E-state index is 12.9. The number of nitrogens with zero attached hydrogens (tertiary/aromatic N) is 5. The molecule has 0 atom stereocenters. The summed E-state index contributed by atoms with van der Waals surface area (Å²) >= 11 is 0. The van der Waals surface area contributed by atoms with Crippen molar-refractivity contribution >= 4 is 28.7 Å². The summed E-state index contributed by atoms with van der Waals surface area (Å²) in [4.78, 5) is 37.0. The topological polar surface area (TPSA) is 112 Å². The van der Waals surface area contributed by atoms with Crippen molar-refractivity contribution < 1.29 is 14.3 Å². The van der Waals surface area contributed by atoms with Gasteiger partial charge in [0.1, 0.15) is 12.1 Å². The number of ether oxygens (including phenoxy) is 1. The van der Waals surface area contributed by atoms with Crippen molar-refractivity contribution in [2.75, 3.05) is 12.4 Å². The molecule has 0 radical (unpaired) electrons. The number of amides is 1. The monoisotopic (exact) mass is 470 g/mol. The van der Waals surface area contributed by atoms with Gasteiger partial charge in [-0.05, 0) is 55.8 Å². The largest absolute Gasteiger partial charge is 0.465 e. The van der Waals surface area contributed by atoms with Crippen LogP contribution in [0.3, 0.4) is 0 Å². The fraction of sp³-hybridized carbons (Fsp3) is 0.160. The number of nitrogens with one attached hydrogen (secondary N) is 1. The summed E-state index contributed by atoms with van der Waals surface area (Å²) < 4.78 is 8.84. The number of fused-ring (bicyclic) bond motifs is 3. The Balaban J connectivity index is 1.43. The van der Waals surface area contributed by atoms with Crippen molar-refractivity contribution in [3.8, 4) is 11.3 Å². The van der Waals surface area contributed by atoms with E-state index in [1.807, 2.05) is 32.0 Å². The Labute approximate surface area is 199 Å². The SMILES string of the molecule is COC(=O)c1ccc(NC(=O)Cn2nc3c4cc(-c5cc(C)ccc5C)nn4ccn3c2=O)cc1. The standard InChI is InChI=1S/C25H22N6O4/c1-15-4-5-16(2)19(12-15)20-13-21-23-28-31(25(34)29(23)10-11-30(21)27-20)14-22(32)26-18-8-6-17(7-9-18)24(33)35-3/h4-13H,14H2,1-3H3,(H,26,32). The average molecular weight is 470 g/mol. The molecule has 0 fully saturated rings. The molecule has 0 saturated carbocycles. The minimum Gasteiger partial charge on any atom is -0.465 e. The molecule has 10 nitrogen and oxygen atoms in total. The van der Waals surface area contributed by atoms with Crippen LogP contribution in [0.4, 0.5) is 5.69 Å². The number of benzene rings is 2. The van der Waals surface area contributed by atoms with Crippen LogP contribution in [0.2, 0.25) is 0 Å². The number of hydrogen-bond donors (Lipinski definition) is 1. The predicted molar refractivity (Wildman–Crippen MR) is 130 cm³/mol. The lowest BCUT2D eigenvalue weighted by molar-refractivity contribution is -0.117. The molecule has 3 heterocycles. The molecule has 2 aromatic carbocycles. The molecular weight excluding hydrogens is 448 g/mol. The molecule has 10 heteroatoms. The Kier molecular flexibility index (Phi) is 5.40. The van der Waals surface area contributed by atoms with Gasteiger partial charge < -0.3 is 10.1 Å². The Morgan fingerprint density at radius 3 is 2.51 bits per heavy atom. The summed E-state index contributed by atoms with van der Waals surface area (Å²) in [5, 5.41) is 11.8. The van der Waals surface area contributed by atoms with E-state index in [0.29, 0.717) is 22.4 Å². The van der Waals surface area contributed by atoms with E-state index in [2.05, 4.69) is 26.3 Å². The lowest BCUT2D eigenvalue weighted by atomic mass is 10.0. The Morgan fingerprint density at radius 2 is 1.77 bits per heavy atom. The Morgan fingerprint density at radius 1 is 1.00 bits per heavy atom. The van der Waals surface area contributed by atoms with Crippen LogP contribution in [0.15, 0.2) is 65.7 Å². The molecule has 0 spiro atoms. The number of esters is 1. The van der Waals surface area contributed by atoms with E-state index in [-0.39, 0.29) is 6.54 Å². The van der Waals surface area contributed by atoms with Crippen LogP contribution >= 0.6 is 0 Å². The van der Waals surface area contributed by atoms with Crippen molar-refractivity contribution in [2.45, 2.75) is 20.4 Å². The van der Waals surface area contributed by atoms with Crippen molar-refractivity contribution in [1.29, 1.82) is 0 Å². The van der Waals surface area contributed by atoms with Crippen molar-refractivity contribution in [3.63, 3.8) is 0 Å². The first-order valence-electron chi connectivity index (χ1n) is 10.9. The lowest BCUT2D eigenvalue weighted by Crippen LogP contribution is -2.28. The molecule has 1 amide bonds. The zero-order valence-electron chi connectivity index (χ0n) is 19.3. The highest BCUT2D eigenvalue weighted by Crippen LogP contribution is 2.25. The maximum absolute atomic E-state index is 12.9. The molecule has 0 saturated heterocycles. The van der Waals surface area contributed by atoms with E-state index in [0.717, 1.165) is 27.1 Å². The van der Waals surface area contributed by atoms with Gasteiger partial charge in [-0.15, -0.1) is 5.10 Å². The van der Waals surface area contributed by atoms with Gasteiger partial charge in [0.2, 0.25) is 5.91 Å². The second-order valence-corrected chi connectivity index (χ2v) is 8.23. The quantitative estimate of drug-likeness (QED) is 0.396. The molecule has 0 aliphatic carbocycles. The average Bonchev–Trinajstić information content (AvgIpc) is 3.42. The molecule has 0 aliphatic rings. The third-order valence-corrected chi connectivity index (χ3v) is 5.74. The van der Waals surface area contributed by atoms with Crippen molar-refractivity contribution in [1.82, 2.24) is 23.8 Å². The smallest absolute Gasteiger partial charge is 0.350 e. The first kappa shape index (κ1) is 22.1. The van der Waals surface area contributed by atoms with Gasteiger partial charge in [-0.2, -0.15) is 5.10 Å². The van der Waals surface area contributed by atoms with E-state index in [1.54, 1.807) is 41.2 Å². The number of methoxy groups -OCH3 is 1. The van der Waals surface area contributed by atoms with Crippen LogP contribution in [-0.4, -0.2) is 42.8 Å². The molecule has 0 aliphatic heterocycles. The summed E-state index contributed by atoms with van der Waals surface area (Å²) in [5.41, 5.74) is 5.46. The van der Waals surface area contributed by atoms with Crippen LogP contribution in [0.1, 0.15) is 21.5 Å². The second kappa shape index (κ2) is 8.56. The minimum atomic E-state index is -0.467. The van der Waals surface area contributed by atoms with Crippen LogP contribution in [0.5, 0.6) is 0 Å². The number of carbonyl (C=O) groups is 2. The number of aromatic nitrogens is 5.